The summed E-state index contributed by atoms with van der Waals surface area (Å²) in [7, 11) is 1.70. The molecule has 0 fully saturated rings. The Morgan fingerprint density at radius 1 is 1.07 bits per heavy atom. The molecule has 0 spiro atoms. The SMILES string of the molecule is CCc1ccc(OCCN(CC)C(=O)Nc2cccc(N(C)C(C)=O)c2)cc1. The topological polar surface area (TPSA) is 61.9 Å². The standard InChI is InChI=1S/C22H29N3O3/c1-5-18-10-12-21(13-11-18)28-15-14-25(6-2)22(27)23-19-8-7-9-20(16-19)24(4)17(3)26/h7-13,16H,5-6,14-15H2,1-4H3,(H,23,27). The molecule has 0 aliphatic rings. The Hall–Kier alpha value is -3.02. The van der Waals surface area contributed by atoms with Gasteiger partial charge < -0.3 is 19.9 Å². The van der Waals surface area contributed by atoms with Gasteiger partial charge in [0.25, 0.3) is 0 Å². The van der Waals surface area contributed by atoms with Crippen molar-refractivity contribution >= 4 is 23.3 Å². The Labute approximate surface area is 167 Å². The maximum absolute atomic E-state index is 12.6. The molecule has 150 valence electrons. The van der Waals surface area contributed by atoms with Gasteiger partial charge in [-0.15, -0.1) is 0 Å². The quantitative estimate of drug-likeness (QED) is 0.744. The molecule has 1 N–H and O–H groups in total. The fourth-order valence-corrected chi connectivity index (χ4v) is 2.67. The fourth-order valence-electron chi connectivity index (χ4n) is 2.67. The molecule has 3 amide bonds. The van der Waals surface area contributed by atoms with Crippen LogP contribution in [0.2, 0.25) is 0 Å². The van der Waals surface area contributed by atoms with Gasteiger partial charge in [-0.25, -0.2) is 4.79 Å². The minimum Gasteiger partial charge on any atom is -0.492 e. The van der Waals surface area contributed by atoms with Gasteiger partial charge in [0.15, 0.2) is 0 Å². The number of likely N-dealkylation sites (N-methyl/N-ethyl adjacent to an activating group) is 1. The van der Waals surface area contributed by atoms with Crippen LogP contribution in [0.1, 0.15) is 26.3 Å². The molecule has 0 radical (unpaired) electrons. The summed E-state index contributed by atoms with van der Waals surface area (Å²) in [5, 5.41) is 2.88. The van der Waals surface area contributed by atoms with E-state index in [9.17, 15) is 9.59 Å². The molecule has 6 nitrogen and oxygen atoms in total. The van der Waals surface area contributed by atoms with E-state index in [4.69, 9.17) is 4.74 Å². The third-order valence-electron chi connectivity index (χ3n) is 4.59. The highest BCUT2D eigenvalue weighted by Gasteiger charge is 2.13. The Bertz CT molecular complexity index is 790. The van der Waals surface area contributed by atoms with E-state index in [0.717, 1.165) is 17.9 Å². The molecule has 0 heterocycles. The predicted octanol–water partition coefficient (Wildman–Crippen LogP) is 4.16. The molecular weight excluding hydrogens is 354 g/mol. The maximum atomic E-state index is 12.6. The van der Waals surface area contributed by atoms with Crippen molar-refractivity contribution in [1.82, 2.24) is 4.90 Å². The van der Waals surface area contributed by atoms with Crippen LogP contribution >= 0.6 is 0 Å². The van der Waals surface area contributed by atoms with Crippen molar-refractivity contribution in [3.8, 4) is 5.75 Å². The second-order valence-corrected chi connectivity index (χ2v) is 6.48. The van der Waals surface area contributed by atoms with E-state index >= 15 is 0 Å². The molecular formula is C22H29N3O3. The van der Waals surface area contributed by atoms with E-state index in [1.54, 1.807) is 24.1 Å². The summed E-state index contributed by atoms with van der Waals surface area (Å²) in [6.07, 6.45) is 0.994. The van der Waals surface area contributed by atoms with Crippen LogP contribution in [0.3, 0.4) is 0 Å². The third kappa shape index (κ3) is 6.01. The van der Waals surface area contributed by atoms with E-state index < -0.39 is 0 Å². The number of urea groups is 1. The lowest BCUT2D eigenvalue weighted by atomic mass is 10.2. The Kier molecular flexibility index (Phi) is 7.87. The molecule has 2 aromatic rings. The molecule has 0 saturated heterocycles. The van der Waals surface area contributed by atoms with Crippen molar-refractivity contribution in [1.29, 1.82) is 0 Å². The van der Waals surface area contributed by atoms with E-state index in [1.807, 2.05) is 43.3 Å². The molecule has 0 aliphatic carbocycles. The average molecular weight is 383 g/mol. The van der Waals surface area contributed by atoms with Crippen LogP contribution in [0, 0.1) is 0 Å². The molecule has 2 aromatic carbocycles. The Morgan fingerprint density at radius 2 is 1.79 bits per heavy atom. The Morgan fingerprint density at radius 3 is 2.39 bits per heavy atom. The summed E-state index contributed by atoms with van der Waals surface area (Å²) >= 11 is 0. The van der Waals surface area contributed by atoms with Crippen LogP contribution < -0.4 is 15.0 Å². The lowest BCUT2D eigenvalue weighted by molar-refractivity contribution is -0.116. The first-order chi connectivity index (χ1) is 13.4. The van der Waals surface area contributed by atoms with Gasteiger partial charge in [0, 0.05) is 31.9 Å². The lowest BCUT2D eigenvalue weighted by Crippen LogP contribution is -2.37. The highest BCUT2D eigenvalue weighted by Crippen LogP contribution is 2.19. The van der Waals surface area contributed by atoms with Gasteiger partial charge in [0.2, 0.25) is 5.91 Å². The molecule has 6 heteroatoms. The fraction of sp³-hybridized carbons (Fsp3) is 0.364. The van der Waals surface area contributed by atoms with Crippen LogP contribution in [-0.4, -0.2) is 43.6 Å². The molecule has 0 bridgehead atoms. The van der Waals surface area contributed by atoms with Crippen LogP contribution in [0.4, 0.5) is 16.2 Å². The van der Waals surface area contributed by atoms with Crippen LogP contribution in [0.25, 0.3) is 0 Å². The average Bonchev–Trinajstić information content (AvgIpc) is 2.71. The summed E-state index contributed by atoms with van der Waals surface area (Å²) in [5.41, 5.74) is 2.64. The molecule has 0 unspecified atom stereocenters. The first-order valence-electron chi connectivity index (χ1n) is 9.56. The number of ether oxygens (including phenoxy) is 1. The number of aryl methyl sites for hydroxylation is 1. The predicted molar refractivity (Wildman–Crippen MR) is 113 cm³/mol. The van der Waals surface area contributed by atoms with E-state index in [-0.39, 0.29) is 11.9 Å². The van der Waals surface area contributed by atoms with Crippen molar-refractivity contribution in [2.75, 3.05) is 37.0 Å². The summed E-state index contributed by atoms with van der Waals surface area (Å²) < 4.78 is 5.75. The molecule has 28 heavy (non-hydrogen) atoms. The third-order valence-corrected chi connectivity index (χ3v) is 4.59. The number of nitrogens with zero attached hydrogens (tertiary/aromatic N) is 2. The molecule has 0 aliphatic heterocycles. The van der Waals surface area contributed by atoms with Gasteiger partial charge in [0.1, 0.15) is 12.4 Å². The lowest BCUT2D eigenvalue weighted by Gasteiger charge is -2.22. The molecule has 2 rings (SSSR count). The molecule has 0 saturated carbocycles. The van der Waals surface area contributed by atoms with E-state index in [0.29, 0.717) is 25.4 Å². The van der Waals surface area contributed by atoms with Crippen molar-refractivity contribution in [2.24, 2.45) is 0 Å². The molecule has 0 atom stereocenters. The van der Waals surface area contributed by atoms with Crippen LogP contribution in [0.5, 0.6) is 5.75 Å². The zero-order valence-corrected chi connectivity index (χ0v) is 17.1. The minimum absolute atomic E-state index is 0.0669. The van der Waals surface area contributed by atoms with Crippen LogP contribution in [0.15, 0.2) is 48.5 Å². The number of benzene rings is 2. The largest absolute Gasteiger partial charge is 0.492 e. The zero-order chi connectivity index (χ0) is 20.5. The number of amides is 3. The zero-order valence-electron chi connectivity index (χ0n) is 17.1. The smallest absolute Gasteiger partial charge is 0.321 e. The monoisotopic (exact) mass is 383 g/mol. The van der Waals surface area contributed by atoms with Gasteiger partial charge in [0.05, 0.1) is 6.54 Å². The number of hydrogen-bond acceptors (Lipinski definition) is 3. The van der Waals surface area contributed by atoms with Gasteiger partial charge in [-0.1, -0.05) is 25.1 Å². The maximum Gasteiger partial charge on any atom is 0.321 e. The number of hydrogen-bond donors (Lipinski definition) is 1. The van der Waals surface area contributed by atoms with Gasteiger partial charge in [-0.05, 0) is 49.2 Å². The number of carbonyl (C=O) groups excluding carboxylic acids is 2. The summed E-state index contributed by atoms with van der Waals surface area (Å²) in [5.74, 6) is 0.733. The number of anilines is 2. The number of carbonyl (C=O) groups is 2. The van der Waals surface area contributed by atoms with Crippen molar-refractivity contribution in [2.45, 2.75) is 27.2 Å². The summed E-state index contributed by atoms with van der Waals surface area (Å²) in [6, 6.07) is 15.0. The molecule has 0 aromatic heterocycles. The summed E-state index contributed by atoms with van der Waals surface area (Å²) in [6.45, 7) is 7.00. The second kappa shape index (κ2) is 10.3. The van der Waals surface area contributed by atoms with Gasteiger partial charge >= 0.3 is 6.03 Å². The van der Waals surface area contributed by atoms with Gasteiger partial charge in [-0.3, -0.25) is 4.79 Å². The second-order valence-electron chi connectivity index (χ2n) is 6.48. The van der Waals surface area contributed by atoms with Crippen LogP contribution in [-0.2, 0) is 11.2 Å². The number of nitrogens with one attached hydrogen (secondary N) is 1. The number of rotatable bonds is 8. The highest BCUT2D eigenvalue weighted by molar-refractivity contribution is 5.93. The van der Waals surface area contributed by atoms with Gasteiger partial charge in [-0.2, -0.15) is 0 Å². The highest BCUT2D eigenvalue weighted by atomic mass is 16.5. The first kappa shape index (κ1) is 21.3. The van der Waals surface area contributed by atoms with E-state index in [2.05, 4.69) is 12.2 Å². The van der Waals surface area contributed by atoms with Crippen molar-refractivity contribution in [3.05, 3.63) is 54.1 Å². The van der Waals surface area contributed by atoms with Crippen molar-refractivity contribution < 1.29 is 14.3 Å². The Balaban J connectivity index is 1.90. The normalized spacial score (nSPS) is 10.3. The van der Waals surface area contributed by atoms with Crippen molar-refractivity contribution in [3.63, 3.8) is 0 Å². The minimum atomic E-state index is -0.199. The first-order valence-corrected chi connectivity index (χ1v) is 9.56. The summed E-state index contributed by atoms with van der Waals surface area (Å²) in [4.78, 5) is 27.3. The van der Waals surface area contributed by atoms with E-state index in [1.165, 1.54) is 17.4 Å².